The molecule has 2 aliphatic carbocycles. The molecule has 4 atom stereocenters. The number of nitrogens with zero attached hydrogens (tertiary/aromatic N) is 4. The van der Waals surface area contributed by atoms with E-state index in [1.807, 2.05) is 0 Å². The maximum absolute atomic E-state index is 12.5. The molecule has 1 saturated heterocycles. The Balaban J connectivity index is 1.40. The van der Waals surface area contributed by atoms with E-state index < -0.39 is 0 Å². The Morgan fingerprint density at radius 3 is 2.17 bits per heavy atom. The van der Waals surface area contributed by atoms with E-state index >= 15 is 0 Å². The normalized spacial score (nSPS) is 31.1. The summed E-state index contributed by atoms with van der Waals surface area (Å²) in [5, 5.41) is -0.156. The summed E-state index contributed by atoms with van der Waals surface area (Å²) < 4.78 is 5.32. The topological polar surface area (TPSA) is 85.3 Å². The monoisotopic (exact) mass is 354 g/mol. The molecule has 2 fully saturated rings. The van der Waals surface area contributed by atoms with Crippen molar-refractivity contribution < 1.29 is 14.3 Å². The Labute approximate surface area is 141 Å². The van der Waals surface area contributed by atoms with Gasteiger partial charge in [-0.05, 0) is 41.5 Å². The Kier molecular flexibility index (Phi) is 3.50. The average molecular weight is 355 g/mol. The molecule has 2 bridgehead atoms. The molecule has 2 amide bonds. The number of carbonyl (C=O) groups is 2. The fraction of sp³-hybridized carbons (Fsp3) is 0.500. The van der Waals surface area contributed by atoms with E-state index in [0.29, 0.717) is 0 Å². The van der Waals surface area contributed by atoms with Gasteiger partial charge in [-0.15, -0.1) is 0 Å². The smallest absolute Gasteiger partial charge is 0.322 e. The number of fused-ring (bicyclic) bond motifs is 5. The summed E-state index contributed by atoms with van der Waals surface area (Å²) in [5.74, 6) is -0.196. The molecule has 1 aromatic heterocycles. The highest BCUT2D eigenvalue weighted by atomic mass is 35.5. The number of halogens is 2. The van der Waals surface area contributed by atoms with Crippen LogP contribution >= 0.6 is 23.2 Å². The number of amides is 2. The first kappa shape index (κ1) is 14.8. The lowest BCUT2D eigenvalue weighted by Gasteiger charge is -2.16. The van der Waals surface area contributed by atoms with Gasteiger partial charge in [-0.2, -0.15) is 15.0 Å². The van der Waals surface area contributed by atoms with E-state index in [1.165, 1.54) is 4.90 Å². The van der Waals surface area contributed by atoms with Crippen LogP contribution in [0.25, 0.3) is 0 Å². The van der Waals surface area contributed by atoms with Crippen LogP contribution in [-0.4, -0.2) is 44.8 Å². The van der Waals surface area contributed by atoms with Crippen LogP contribution in [0.5, 0.6) is 6.01 Å². The third-order valence-corrected chi connectivity index (χ3v) is 5.01. The van der Waals surface area contributed by atoms with E-state index in [0.717, 1.165) is 6.42 Å². The van der Waals surface area contributed by atoms with Crippen LogP contribution in [0.1, 0.15) is 6.42 Å². The maximum atomic E-state index is 12.5. The molecule has 7 nitrogen and oxygen atoms in total. The van der Waals surface area contributed by atoms with Gasteiger partial charge < -0.3 is 4.74 Å². The third kappa shape index (κ3) is 2.38. The van der Waals surface area contributed by atoms with Crippen molar-refractivity contribution in [3.8, 4) is 6.01 Å². The van der Waals surface area contributed by atoms with E-state index in [2.05, 4.69) is 27.1 Å². The third-order valence-electron chi connectivity index (χ3n) is 4.67. The number of imide groups is 1. The summed E-state index contributed by atoms with van der Waals surface area (Å²) in [7, 11) is 0. The zero-order valence-electron chi connectivity index (χ0n) is 11.9. The molecular weight excluding hydrogens is 343 g/mol. The zero-order chi connectivity index (χ0) is 16.1. The van der Waals surface area contributed by atoms with Gasteiger partial charge in [-0.3, -0.25) is 14.5 Å². The second-order valence-corrected chi connectivity index (χ2v) is 6.51. The van der Waals surface area contributed by atoms with Gasteiger partial charge in [-0.1, -0.05) is 12.2 Å². The molecule has 1 aliphatic heterocycles. The Bertz CT molecular complexity index is 676. The van der Waals surface area contributed by atoms with Crippen molar-refractivity contribution in [1.29, 1.82) is 0 Å². The standard InChI is InChI=1S/C14H12Cl2N4O3/c15-12-17-13(16)19-14(18-12)23-4-3-20-10(21)8-6-1-2-7(5-6)9(8)11(20)22/h1-2,6-9H,3-5H2/t6-,7?,8?,9?/m0/s1. The SMILES string of the molecule is O=C1C2C3C=C[C@@H](C3)C2C(=O)N1CCOc1nc(Cl)nc(Cl)n1. The number of aromatic nitrogens is 3. The van der Waals surface area contributed by atoms with Crippen LogP contribution in [0.2, 0.25) is 10.6 Å². The van der Waals surface area contributed by atoms with E-state index in [9.17, 15) is 9.59 Å². The van der Waals surface area contributed by atoms with E-state index in [1.54, 1.807) is 0 Å². The van der Waals surface area contributed by atoms with Crippen molar-refractivity contribution in [3.05, 3.63) is 22.7 Å². The molecule has 1 aromatic rings. The molecule has 3 aliphatic rings. The minimum absolute atomic E-state index is 0.0315. The number of rotatable bonds is 4. The molecule has 0 spiro atoms. The first-order valence-corrected chi connectivity index (χ1v) is 8.03. The zero-order valence-corrected chi connectivity index (χ0v) is 13.4. The van der Waals surface area contributed by atoms with Gasteiger partial charge in [-0.25, -0.2) is 0 Å². The second kappa shape index (κ2) is 5.42. The number of carbonyl (C=O) groups excluding carboxylic acids is 2. The molecule has 0 aromatic carbocycles. The number of allylic oxidation sites excluding steroid dienone is 2. The fourth-order valence-corrected chi connectivity index (χ4v) is 4.13. The largest absolute Gasteiger partial charge is 0.461 e. The Hall–Kier alpha value is -1.73. The fourth-order valence-electron chi connectivity index (χ4n) is 3.79. The van der Waals surface area contributed by atoms with Crippen LogP contribution in [0.15, 0.2) is 12.2 Å². The predicted octanol–water partition coefficient (Wildman–Crippen LogP) is 1.36. The number of hydrogen-bond acceptors (Lipinski definition) is 6. The summed E-state index contributed by atoms with van der Waals surface area (Å²) in [6, 6.07) is -0.0315. The van der Waals surface area contributed by atoms with Gasteiger partial charge in [0.15, 0.2) is 0 Å². The van der Waals surface area contributed by atoms with Crippen molar-refractivity contribution >= 4 is 35.0 Å². The number of likely N-dealkylation sites (tertiary alicyclic amines) is 1. The summed E-state index contributed by atoms with van der Waals surface area (Å²) in [6.45, 7) is 0.237. The molecule has 0 radical (unpaired) electrons. The van der Waals surface area contributed by atoms with E-state index in [-0.39, 0.29) is 65.2 Å². The maximum Gasteiger partial charge on any atom is 0.322 e. The summed E-state index contributed by atoms with van der Waals surface area (Å²) in [6.07, 6.45) is 5.04. The number of hydrogen-bond donors (Lipinski definition) is 0. The Morgan fingerprint density at radius 1 is 1.04 bits per heavy atom. The van der Waals surface area contributed by atoms with Crippen LogP contribution < -0.4 is 4.74 Å². The van der Waals surface area contributed by atoms with Crippen molar-refractivity contribution in [3.63, 3.8) is 0 Å². The first-order chi connectivity index (χ1) is 11.0. The second-order valence-electron chi connectivity index (χ2n) is 5.83. The predicted molar refractivity (Wildman–Crippen MR) is 79.8 cm³/mol. The van der Waals surface area contributed by atoms with Crippen molar-refractivity contribution in [2.75, 3.05) is 13.2 Å². The lowest BCUT2D eigenvalue weighted by Crippen LogP contribution is -2.36. The lowest BCUT2D eigenvalue weighted by atomic mass is 9.85. The van der Waals surface area contributed by atoms with Gasteiger partial charge >= 0.3 is 6.01 Å². The van der Waals surface area contributed by atoms with Crippen LogP contribution in [-0.2, 0) is 9.59 Å². The molecule has 23 heavy (non-hydrogen) atoms. The Morgan fingerprint density at radius 2 is 1.61 bits per heavy atom. The lowest BCUT2D eigenvalue weighted by molar-refractivity contribution is -0.141. The molecule has 1 saturated carbocycles. The molecule has 0 N–H and O–H groups in total. The minimum Gasteiger partial charge on any atom is -0.461 e. The van der Waals surface area contributed by atoms with Crippen molar-refractivity contribution in [1.82, 2.24) is 19.9 Å². The molecule has 4 rings (SSSR count). The summed E-state index contributed by atoms with van der Waals surface area (Å²) in [5.41, 5.74) is 0. The summed E-state index contributed by atoms with van der Waals surface area (Å²) >= 11 is 11.3. The van der Waals surface area contributed by atoms with Gasteiger partial charge in [0.2, 0.25) is 22.4 Å². The van der Waals surface area contributed by atoms with Crippen LogP contribution in [0, 0.1) is 23.7 Å². The molecule has 3 unspecified atom stereocenters. The summed E-state index contributed by atoms with van der Waals surface area (Å²) in [4.78, 5) is 37.4. The highest BCUT2D eigenvalue weighted by Crippen LogP contribution is 2.52. The van der Waals surface area contributed by atoms with Gasteiger partial charge in [0.05, 0.1) is 18.4 Å². The van der Waals surface area contributed by atoms with Gasteiger partial charge in [0.25, 0.3) is 0 Å². The molecule has 2 heterocycles. The molecule has 120 valence electrons. The molecule has 9 heteroatoms. The average Bonchev–Trinajstić information content (AvgIpc) is 3.15. The minimum atomic E-state index is -0.196. The first-order valence-electron chi connectivity index (χ1n) is 7.28. The quantitative estimate of drug-likeness (QED) is 0.599. The van der Waals surface area contributed by atoms with Crippen LogP contribution in [0.4, 0.5) is 0 Å². The van der Waals surface area contributed by atoms with Crippen molar-refractivity contribution in [2.24, 2.45) is 23.7 Å². The van der Waals surface area contributed by atoms with Crippen molar-refractivity contribution in [2.45, 2.75) is 6.42 Å². The highest BCUT2D eigenvalue weighted by Gasteiger charge is 2.58. The van der Waals surface area contributed by atoms with E-state index in [4.69, 9.17) is 27.9 Å². The van der Waals surface area contributed by atoms with Gasteiger partial charge in [0, 0.05) is 0 Å². The number of ether oxygens (including phenoxy) is 1. The van der Waals surface area contributed by atoms with Crippen LogP contribution in [0.3, 0.4) is 0 Å². The van der Waals surface area contributed by atoms with Gasteiger partial charge in [0.1, 0.15) is 6.61 Å². The molecular formula is C14H12Cl2N4O3. The highest BCUT2D eigenvalue weighted by molar-refractivity contribution is 6.31.